The van der Waals surface area contributed by atoms with Crippen molar-refractivity contribution in [1.29, 1.82) is 0 Å². The Hall–Kier alpha value is -1.08. The van der Waals surface area contributed by atoms with E-state index in [9.17, 15) is 0 Å². The fourth-order valence-electron chi connectivity index (χ4n) is 1.63. The minimum absolute atomic E-state index is 0.555. The smallest absolute Gasteiger partial charge is 0.0496 e. The molecule has 1 aromatic rings. The average molecular weight is 190 g/mol. The molecule has 1 atom stereocenters. The van der Waals surface area contributed by atoms with Crippen LogP contribution in [0.25, 0.3) is 0 Å². The molecule has 0 saturated carbocycles. The summed E-state index contributed by atoms with van der Waals surface area (Å²) in [5.74, 6) is 0.555. The number of hydrogen-bond acceptors (Lipinski definition) is 1. The molecule has 1 aromatic carbocycles. The maximum atomic E-state index is 5.18. The second-order valence-electron chi connectivity index (χ2n) is 3.54. The van der Waals surface area contributed by atoms with Crippen molar-refractivity contribution >= 4 is 0 Å². The summed E-state index contributed by atoms with van der Waals surface area (Å²) in [5.41, 5.74) is 1.37. The number of hydrogen-bond donors (Lipinski definition) is 0. The third-order valence-electron chi connectivity index (χ3n) is 2.27. The Kier molecular flexibility index (Phi) is 5.02. The van der Waals surface area contributed by atoms with Gasteiger partial charge in [0.05, 0.1) is 0 Å². The molecule has 0 radical (unpaired) electrons. The van der Waals surface area contributed by atoms with E-state index >= 15 is 0 Å². The minimum Gasteiger partial charge on any atom is -0.384 e. The van der Waals surface area contributed by atoms with Crippen LogP contribution in [0.4, 0.5) is 0 Å². The first-order chi connectivity index (χ1) is 6.86. The van der Waals surface area contributed by atoms with Crippen LogP contribution >= 0.6 is 0 Å². The van der Waals surface area contributed by atoms with Crippen LogP contribution in [0.1, 0.15) is 12.0 Å². The quantitative estimate of drug-likeness (QED) is 0.626. The molecule has 0 fully saturated rings. The molecule has 1 rings (SSSR count). The van der Waals surface area contributed by atoms with E-state index in [4.69, 9.17) is 4.74 Å². The van der Waals surface area contributed by atoms with Gasteiger partial charge in [-0.3, -0.25) is 0 Å². The van der Waals surface area contributed by atoms with E-state index in [1.54, 1.807) is 7.11 Å². The molecule has 0 spiro atoms. The zero-order valence-electron chi connectivity index (χ0n) is 8.78. The van der Waals surface area contributed by atoms with Crippen molar-refractivity contribution in [1.82, 2.24) is 0 Å². The number of allylic oxidation sites excluding steroid dienone is 1. The summed E-state index contributed by atoms with van der Waals surface area (Å²) in [7, 11) is 1.75. The molecule has 0 heterocycles. The summed E-state index contributed by atoms with van der Waals surface area (Å²) in [6.45, 7) is 4.58. The molecule has 1 heteroatoms. The van der Waals surface area contributed by atoms with Gasteiger partial charge in [0.1, 0.15) is 0 Å². The summed E-state index contributed by atoms with van der Waals surface area (Å²) in [6.07, 6.45) is 4.05. The second-order valence-corrected chi connectivity index (χ2v) is 3.54. The fourth-order valence-corrected chi connectivity index (χ4v) is 1.63. The van der Waals surface area contributed by atoms with Crippen molar-refractivity contribution in [2.45, 2.75) is 12.8 Å². The molecule has 0 aliphatic carbocycles. The van der Waals surface area contributed by atoms with Gasteiger partial charge < -0.3 is 4.74 Å². The lowest BCUT2D eigenvalue weighted by Gasteiger charge is -2.13. The third-order valence-corrected chi connectivity index (χ3v) is 2.27. The van der Waals surface area contributed by atoms with E-state index in [0.717, 1.165) is 19.4 Å². The van der Waals surface area contributed by atoms with Crippen LogP contribution in [0.5, 0.6) is 0 Å². The number of rotatable bonds is 6. The molecule has 76 valence electrons. The topological polar surface area (TPSA) is 9.23 Å². The van der Waals surface area contributed by atoms with Gasteiger partial charge in [0, 0.05) is 13.7 Å². The molecule has 0 saturated heterocycles. The van der Waals surface area contributed by atoms with Gasteiger partial charge in [-0.1, -0.05) is 36.4 Å². The predicted molar refractivity (Wildman–Crippen MR) is 60.3 cm³/mol. The van der Waals surface area contributed by atoms with Gasteiger partial charge >= 0.3 is 0 Å². The monoisotopic (exact) mass is 190 g/mol. The highest BCUT2D eigenvalue weighted by Crippen LogP contribution is 2.12. The summed E-state index contributed by atoms with van der Waals surface area (Å²) < 4.78 is 5.18. The fraction of sp³-hybridized carbons (Fsp3) is 0.385. The Bertz CT molecular complexity index is 253. The van der Waals surface area contributed by atoms with Crippen LogP contribution in [0, 0.1) is 5.92 Å². The van der Waals surface area contributed by atoms with E-state index in [1.165, 1.54) is 5.56 Å². The van der Waals surface area contributed by atoms with E-state index in [2.05, 4.69) is 30.8 Å². The summed E-state index contributed by atoms with van der Waals surface area (Å²) in [6, 6.07) is 10.5. The van der Waals surface area contributed by atoms with E-state index in [1.807, 2.05) is 12.1 Å². The normalized spacial score (nSPS) is 12.4. The lowest BCUT2D eigenvalue weighted by atomic mass is 9.97. The molecule has 0 bridgehead atoms. The zero-order valence-corrected chi connectivity index (χ0v) is 8.78. The highest BCUT2D eigenvalue weighted by atomic mass is 16.5. The summed E-state index contributed by atoms with van der Waals surface area (Å²) in [5, 5.41) is 0. The highest BCUT2D eigenvalue weighted by Gasteiger charge is 2.06. The number of benzene rings is 1. The van der Waals surface area contributed by atoms with E-state index in [-0.39, 0.29) is 0 Å². The van der Waals surface area contributed by atoms with Crippen LogP contribution in [0.3, 0.4) is 0 Å². The highest BCUT2D eigenvalue weighted by molar-refractivity contribution is 5.15. The molecule has 0 amide bonds. The van der Waals surface area contributed by atoms with Crippen LogP contribution in [0.15, 0.2) is 43.0 Å². The van der Waals surface area contributed by atoms with E-state index < -0.39 is 0 Å². The molecule has 0 aliphatic heterocycles. The molecule has 1 nitrogen and oxygen atoms in total. The molecule has 0 aromatic heterocycles. The van der Waals surface area contributed by atoms with E-state index in [0.29, 0.717) is 5.92 Å². The predicted octanol–water partition coefficient (Wildman–Crippen LogP) is 3.07. The molecular formula is C13H18O. The summed E-state index contributed by atoms with van der Waals surface area (Å²) in [4.78, 5) is 0. The minimum atomic E-state index is 0.555. The third kappa shape index (κ3) is 3.75. The maximum absolute atomic E-state index is 5.18. The Balaban J connectivity index is 2.50. The van der Waals surface area contributed by atoms with Crippen LogP contribution in [-0.4, -0.2) is 13.7 Å². The van der Waals surface area contributed by atoms with Gasteiger partial charge in [-0.05, 0) is 24.3 Å². The first-order valence-electron chi connectivity index (χ1n) is 5.00. The van der Waals surface area contributed by atoms with Gasteiger partial charge in [-0.2, -0.15) is 0 Å². The SMILES string of the molecule is C=CC[C@H](COC)Cc1ccccc1. The Morgan fingerprint density at radius 3 is 2.64 bits per heavy atom. The molecular weight excluding hydrogens is 172 g/mol. The largest absolute Gasteiger partial charge is 0.384 e. The van der Waals surface area contributed by atoms with Crippen LogP contribution < -0.4 is 0 Å². The lowest BCUT2D eigenvalue weighted by molar-refractivity contribution is 0.153. The zero-order chi connectivity index (χ0) is 10.2. The van der Waals surface area contributed by atoms with Crippen LogP contribution in [-0.2, 0) is 11.2 Å². The average Bonchev–Trinajstić information content (AvgIpc) is 2.20. The van der Waals surface area contributed by atoms with Crippen molar-refractivity contribution in [3.63, 3.8) is 0 Å². The standard InChI is InChI=1S/C13H18O/c1-3-7-13(11-14-2)10-12-8-5-4-6-9-12/h3-6,8-9,13H,1,7,10-11H2,2H3/t13-/m0/s1. The van der Waals surface area contributed by atoms with Crippen molar-refractivity contribution in [2.75, 3.05) is 13.7 Å². The first-order valence-corrected chi connectivity index (χ1v) is 5.00. The Morgan fingerprint density at radius 1 is 1.36 bits per heavy atom. The summed E-state index contributed by atoms with van der Waals surface area (Å²) >= 11 is 0. The second kappa shape index (κ2) is 6.39. The Labute approximate surface area is 86.4 Å². The molecule has 0 N–H and O–H groups in total. The molecule has 0 unspecified atom stereocenters. The van der Waals surface area contributed by atoms with Crippen molar-refractivity contribution < 1.29 is 4.74 Å². The van der Waals surface area contributed by atoms with Gasteiger partial charge in [0.15, 0.2) is 0 Å². The Morgan fingerprint density at radius 2 is 2.07 bits per heavy atom. The first kappa shape index (κ1) is 11.0. The maximum Gasteiger partial charge on any atom is 0.0496 e. The van der Waals surface area contributed by atoms with Gasteiger partial charge in [0.2, 0.25) is 0 Å². The molecule has 14 heavy (non-hydrogen) atoms. The van der Waals surface area contributed by atoms with Gasteiger partial charge in [-0.25, -0.2) is 0 Å². The van der Waals surface area contributed by atoms with Crippen molar-refractivity contribution in [3.8, 4) is 0 Å². The molecule has 0 aliphatic rings. The van der Waals surface area contributed by atoms with Gasteiger partial charge in [-0.15, -0.1) is 6.58 Å². The lowest BCUT2D eigenvalue weighted by Crippen LogP contribution is -2.10. The van der Waals surface area contributed by atoms with Gasteiger partial charge in [0.25, 0.3) is 0 Å². The van der Waals surface area contributed by atoms with Crippen molar-refractivity contribution in [3.05, 3.63) is 48.6 Å². The number of ether oxygens (including phenoxy) is 1. The van der Waals surface area contributed by atoms with Crippen LogP contribution in [0.2, 0.25) is 0 Å². The number of methoxy groups -OCH3 is 1. The van der Waals surface area contributed by atoms with Crippen molar-refractivity contribution in [2.24, 2.45) is 5.92 Å².